The number of nitrogens with one attached hydrogen (secondary N) is 1. The average molecular weight is 397 g/mol. The molecule has 1 unspecified atom stereocenters. The summed E-state index contributed by atoms with van der Waals surface area (Å²) in [5.74, 6) is -0.130. The topological polar surface area (TPSA) is 66.7 Å². The molecule has 0 aliphatic carbocycles. The van der Waals surface area contributed by atoms with E-state index < -0.39 is 10.8 Å². The number of carbonyl (C=O) groups excluding carboxylic acids is 1. The maximum Gasteiger partial charge on any atom is 0.253 e. The van der Waals surface area contributed by atoms with Crippen LogP contribution in [-0.4, -0.2) is 49.8 Å². The summed E-state index contributed by atoms with van der Waals surface area (Å²) in [5, 5.41) is 3.17. The maximum atomic E-state index is 12.8. The van der Waals surface area contributed by atoms with Gasteiger partial charge in [-0.15, -0.1) is 0 Å². The molecule has 0 spiro atoms. The molecule has 28 heavy (non-hydrogen) atoms. The molecule has 1 amide bonds. The Morgan fingerprint density at radius 2 is 1.93 bits per heavy atom. The first-order valence-corrected chi connectivity index (χ1v) is 10.7. The number of imidazole rings is 1. The lowest BCUT2D eigenvalue weighted by Crippen LogP contribution is -2.35. The summed E-state index contributed by atoms with van der Waals surface area (Å²) in [6, 6.07) is 11.3. The standard InChI is InChI=1S/C21H24N4O2S/c1-24-11-8-19(9-12-24)28(27)18-5-2-16(3-6-18)14-23-21(26)17-4-7-20-22-10-13-25(20)15-17/h2-7,10,13,15,19H,8-9,11-12,14H2,1H3,(H,23,26). The molecule has 1 N–H and O–H groups in total. The van der Waals surface area contributed by atoms with Crippen molar-refractivity contribution in [3.05, 3.63) is 66.1 Å². The minimum absolute atomic E-state index is 0.130. The smallest absolute Gasteiger partial charge is 0.253 e. The van der Waals surface area contributed by atoms with Gasteiger partial charge in [0.2, 0.25) is 0 Å². The Morgan fingerprint density at radius 3 is 2.68 bits per heavy atom. The van der Waals surface area contributed by atoms with Gasteiger partial charge in [-0.2, -0.15) is 0 Å². The van der Waals surface area contributed by atoms with E-state index >= 15 is 0 Å². The van der Waals surface area contributed by atoms with Gasteiger partial charge in [0.15, 0.2) is 0 Å². The van der Waals surface area contributed by atoms with E-state index in [-0.39, 0.29) is 11.2 Å². The van der Waals surface area contributed by atoms with Crippen molar-refractivity contribution < 1.29 is 9.00 Å². The van der Waals surface area contributed by atoms with Crippen molar-refractivity contribution in [3.8, 4) is 0 Å². The number of fused-ring (bicyclic) bond motifs is 1. The van der Waals surface area contributed by atoms with Gasteiger partial charge in [0.25, 0.3) is 5.91 Å². The molecule has 6 nitrogen and oxygen atoms in total. The summed E-state index contributed by atoms with van der Waals surface area (Å²) in [6.45, 7) is 2.44. The van der Waals surface area contributed by atoms with Gasteiger partial charge in [0.05, 0.1) is 16.4 Å². The zero-order valence-electron chi connectivity index (χ0n) is 15.9. The van der Waals surface area contributed by atoms with Crippen LogP contribution in [0.2, 0.25) is 0 Å². The SMILES string of the molecule is CN1CCC(S(=O)c2ccc(CNC(=O)c3ccc4nccn4c3)cc2)CC1. The minimum atomic E-state index is -0.968. The third-order valence-corrected chi connectivity index (χ3v) is 7.04. The van der Waals surface area contributed by atoms with Gasteiger partial charge in [-0.05, 0) is 62.8 Å². The number of pyridine rings is 1. The van der Waals surface area contributed by atoms with Crippen LogP contribution >= 0.6 is 0 Å². The van der Waals surface area contributed by atoms with Crippen molar-refractivity contribution >= 4 is 22.4 Å². The fourth-order valence-electron chi connectivity index (χ4n) is 3.47. The van der Waals surface area contributed by atoms with Crippen LogP contribution in [0.4, 0.5) is 0 Å². The van der Waals surface area contributed by atoms with Crippen molar-refractivity contribution in [3.63, 3.8) is 0 Å². The molecule has 0 radical (unpaired) electrons. The van der Waals surface area contributed by atoms with Crippen LogP contribution in [-0.2, 0) is 17.3 Å². The van der Waals surface area contributed by atoms with E-state index in [0.717, 1.165) is 42.0 Å². The number of piperidine rings is 1. The van der Waals surface area contributed by atoms with E-state index in [2.05, 4.69) is 22.2 Å². The number of carbonyl (C=O) groups is 1. The highest BCUT2D eigenvalue weighted by atomic mass is 32.2. The van der Waals surface area contributed by atoms with Gasteiger partial charge >= 0.3 is 0 Å². The van der Waals surface area contributed by atoms with Crippen LogP contribution in [0.15, 0.2) is 59.9 Å². The summed E-state index contributed by atoms with van der Waals surface area (Å²) < 4.78 is 14.6. The van der Waals surface area contributed by atoms with Crippen LogP contribution in [0.3, 0.4) is 0 Å². The van der Waals surface area contributed by atoms with E-state index in [4.69, 9.17) is 0 Å². The molecule has 1 atom stereocenters. The van der Waals surface area contributed by atoms with Gasteiger partial charge in [0, 0.05) is 35.3 Å². The summed E-state index contributed by atoms with van der Waals surface area (Å²) in [6.07, 6.45) is 7.24. The first-order valence-electron chi connectivity index (χ1n) is 9.49. The third kappa shape index (κ3) is 4.15. The molecular weight excluding hydrogens is 372 g/mol. The second kappa shape index (κ2) is 8.24. The highest BCUT2D eigenvalue weighted by Crippen LogP contribution is 2.21. The van der Waals surface area contributed by atoms with Gasteiger partial charge in [-0.25, -0.2) is 4.98 Å². The van der Waals surface area contributed by atoms with Crippen molar-refractivity contribution in [2.24, 2.45) is 0 Å². The van der Waals surface area contributed by atoms with Crippen LogP contribution < -0.4 is 5.32 Å². The molecule has 3 heterocycles. The minimum Gasteiger partial charge on any atom is -0.348 e. The van der Waals surface area contributed by atoms with Crippen molar-refractivity contribution in [1.29, 1.82) is 0 Å². The monoisotopic (exact) mass is 396 g/mol. The molecule has 2 aromatic heterocycles. The van der Waals surface area contributed by atoms with Crippen molar-refractivity contribution in [2.75, 3.05) is 20.1 Å². The van der Waals surface area contributed by atoms with Crippen LogP contribution in [0.1, 0.15) is 28.8 Å². The third-order valence-electron chi connectivity index (χ3n) is 5.23. The summed E-state index contributed by atoms with van der Waals surface area (Å²) in [4.78, 5) is 19.7. The summed E-state index contributed by atoms with van der Waals surface area (Å²) in [7, 11) is 1.14. The fourth-order valence-corrected chi connectivity index (χ4v) is 4.90. The molecule has 1 aliphatic rings. The molecule has 1 aromatic carbocycles. The van der Waals surface area contributed by atoms with Gasteiger partial charge < -0.3 is 14.6 Å². The molecule has 146 valence electrons. The van der Waals surface area contributed by atoms with E-state index in [9.17, 15) is 9.00 Å². The quantitative estimate of drug-likeness (QED) is 0.720. The number of rotatable bonds is 5. The highest BCUT2D eigenvalue weighted by molar-refractivity contribution is 7.85. The summed E-state index contributed by atoms with van der Waals surface area (Å²) >= 11 is 0. The molecule has 1 fully saturated rings. The zero-order chi connectivity index (χ0) is 19.5. The van der Waals surface area contributed by atoms with E-state index in [1.807, 2.05) is 40.9 Å². The normalized spacial score (nSPS) is 16.9. The van der Waals surface area contributed by atoms with Crippen LogP contribution in [0, 0.1) is 0 Å². The molecule has 3 aromatic rings. The average Bonchev–Trinajstić information content (AvgIpc) is 3.20. The predicted molar refractivity (Wildman–Crippen MR) is 110 cm³/mol. The Labute approximate surface area is 167 Å². The lowest BCUT2D eigenvalue weighted by Gasteiger charge is -2.28. The predicted octanol–water partition coefficient (Wildman–Crippen LogP) is 2.47. The second-order valence-electron chi connectivity index (χ2n) is 7.24. The van der Waals surface area contributed by atoms with Gasteiger partial charge in [0.1, 0.15) is 5.65 Å². The molecular formula is C21H24N4O2S. The lowest BCUT2D eigenvalue weighted by atomic mass is 10.1. The molecule has 1 aliphatic heterocycles. The molecule has 4 rings (SSSR count). The Balaban J connectivity index is 1.35. The number of amides is 1. The van der Waals surface area contributed by atoms with E-state index in [0.29, 0.717) is 12.1 Å². The maximum absolute atomic E-state index is 12.8. The number of aromatic nitrogens is 2. The first-order chi connectivity index (χ1) is 13.6. The second-order valence-corrected chi connectivity index (χ2v) is 8.97. The Kier molecular flexibility index (Phi) is 5.54. The Bertz CT molecular complexity index is 991. The fraction of sp³-hybridized carbons (Fsp3) is 0.333. The Morgan fingerprint density at radius 1 is 1.18 bits per heavy atom. The zero-order valence-corrected chi connectivity index (χ0v) is 16.7. The van der Waals surface area contributed by atoms with E-state index in [1.54, 1.807) is 18.5 Å². The van der Waals surface area contributed by atoms with Crippen LogP contribution in [0.5, 0.6) is 0 Å². The van der Waals surface area contributed by atoms with Crippen LogP contribution in [0.25, 0.3) is 5.65 Å². The number of likely N-dealkylation sites (tertiary alicyclic amines) is 1. The van der Waals surface area contributed by atoms with Crippen molar-refractivity contribution in [2.45, 2.75) is 29.5 Å². The molecule has 0 bridgehead atoms. The number of hydrogen-bond acceptors (Lipinski definition) is 4. The lowest BCUT2D eigenvalue weighted by molar-refractivity contribution is 0.0950. The van der Waals surface area contributed by atoms with Crippen molar-refractivity contribution in [1.82, 2.24) is 19.6 Å². The molecule has 0 saturated carbocycles. The van der Waals surface area contributed by atoms with Gasteiger partial charge in [-0.1, -0.05) is 12.1 Å². The summed E-state index contributed by atoms with van der Waals surface area (Å²) in [5.41, 5.74) is 2.39. The van der Waals surface area contributed by atoms with E-state index in [1.165, 1.54) is 0 Å². The number of nitrogens with zero attached hydrogens (tertiary/aromatic N) is 3. The largest absolute Gasteiger partial charge is 0.348 e. The highest BCUT2D eigenvalue weighted by Gasteiger charge is 2.23. The Hall–Kier alpha value is -2.51. The number of benzene rings is 1. The first kappa shape index (κ1) is 18.8. The number of hydrogen-bond donors (Lipinski definition) is 1. The van der Waals surface area contributed by atoms with Gasteiger partial charge in [-0.3, -0.25) is 9.00 Å². The molecule has 1 saturated heterocycles. The molecule has 7 heteroatoms.